The Morgan fingerprint density at radius 3 is 2.47 bits per heavy atom. The molecule has 0 aliphatic carbocycles. The normalized spacial score (nSPS) is 21.0. The summed E-state index contributed by atoms with van der Waals surface area (Å²) in [5, 5.41) is 3.45. The maximum atomic E-state index is 12.5. The molecule has 2 nitrogen and oxygen atoms in total. The molecule has 5 heteroatoms. The van der Waals surface area contributed by atoms with Crippen LogP contribution in [0.15, 0.2) is 35.5 Å². The topological polar surface area (TPSA) is 21.6 Å². The van der Waals surface area contributed by atoms with Crippen molar-refractivity contribution in [3.05, 3.63) is 35.9 Å². The van der Waals surface area contributed by atoms with Crippen molar-refractivity contribution in [3.63, 3.8) is 0 Å². The van der Waals surface area contributed by atoms with Crippen LogP contribution in [0.4, 0.5) is 13.2 Å². The molecule has 1 aliphatic rings. The number of nitrogens with zero attached hydrogens (tertiary/aromatic N) is 1. The van der Waals surface area contributed by atoms with Gasteiger partial charge in [-0.1, -0.05) is 35.5 Å². The summed E-state index contributed by atoms with van der Waals surface area (Å²) in [5.41, 5.74) is 0.417. The summed E-state index contributed by atoms with van der Waals surface area (Å²) in [6.07, 6.45) is -4.30. The Kier molecular flexibility index (Phi) is 2.38. The van der Waals surface area contributed by atoms with Crippen molar-refractivity contribution in [1.29, 1.82) is 0 Å². The van der Waals surface area contributed by atoms with Gasteiger partial charge in [0.25, 0.3) is 0 Å². The summed E-state index contributed by atoms with van der Waals surface area (Å²) >= 11 is 0. The fourth-order valence-corrected chi connectivity index (χ4v) is 1.44. The van der Waals surface area contributed by atoms with Gasteiger partial charge < -0.3 is 4.84 Å². The van der Waals surface area contributed by atoms with E-state index < -0.39 is 18.7 Å². The molecule has 1 unspecified atom stereocenters. The average molecular weight is 215 g/mol. The van der Waals surface area contributed by atoms with Crippen LogP contribution in [0, 0.1) is 5.92 Å². The lowest BCUT2D eigenvalue weighted by atomic mass is 9.98. The summed E-state index contributed by atoms with van der Waals surface area (Å²) in [4.78, 5) is 4.52. The van der Waals surface area contributed by atoms with Crippen molar-refractivity contribution in [2.75, 3.05) is 6.61 Å². The zero-order chi connectivity index (χ0) is 10.9. The van der Waals surface area contributed by atoms with E-state index in [1.165, 1.54) is 0 Å². The Labute approximate surface area is 84.3 Å². The Balaban J connectivity index is 2.30. The van der Waals surface area contributed by atoms with E-state index >= 15 is 0 Å². The molecule has 2 rings (SSSR count). The second-order valence-corrected chi connectivity index (χ2v) is 3.23. The summed E-state index contributed by atoms with van der Waals surface area (Å²) in [7, 11) is 0. The van der Waals surface area contributed by atoms with Gasteiger partial charge in [0.2, 0.25) is 0 Å². The van der Waals surface area contributed by atoms with Crippen LogP contribution < -0.4 is 0 Å². The van der Waals surface area contributed by atoms with E-state index in [1.54, 1.807) is 30.3 Å². The Morgan fingerprint density at radius 1 is 1.20 bits per heavy atom. The summed E-state index contributed by atoms with van der Waals surface area (Å²) in [6.45, 7) is -0.423. The predicted octanol–water partition coefficient (Wildman–Crippen LogP) is 2.60. The maximum absolute atomic E-state index is 12.5. The van der Waals surface area contributed by atoms with Crippen molar-refractivity contribution >= 4 is 5.71 Å². The Bertz CT molecular complexity index is 372. The van der Waals surface area contributed by atoms with Crippen LogP contribution in [0.5, 0.6) is 0 Å². The molecule has 80 valence electrons. The van der Waals surface area contributed by atoms with Crippen molar-refractivity contribution in [1.82, 2.24) is 0 Å². The zero-order valence-corrected chi connectivity index (χ0v) is 7.66. The predicted molar refractivity (Wildman–Crippen MR) is 48.5 cm³/mol. The molecule has 15 heavy (non-hydrogen) atoms. The van der Waals surface area contributed by atoms with Crippen LogP contribution in [0.3, 0.4) is 0 Å². The van der Waals surface area contributed by atoms with E-state index in [1.807, 2.05) is 0 Å². The van der Waals surface area contributed by atoms with Crippen LogP contribution in [-0.4, -0.2) is 18.5 Å². The molecule has 1 aromatic carbocycles. The highest BCUT2D eigenvalue weighted by atomic mass is 19.4. The maximum Gasteiger partial charge on any atom is 0.400 e. The molecule has 1 atom stereocenters. The van der Waals surface area contributed by atoms with Gasteiger partial charge in [-0.05, 0) is 0 Å². The van der Waals surface area contributed by atoms with E-state index in [0.717, 1.165) is 0 Å². The van der Waals surface area contributed by atoms with Crippen molar-refractivity contribution < 1.29 is 18.0 Å². The number of rotatable bonds is 1. The summed E-state index contributed by atoms with van der Waals surface area (Å²) in [6, 6.07) is 8.26. The van der Waals surface area contributed by atoms with Crippen molar-refractivity contribution in [3.8, 4) is 0 Å². The molecule has 1 heterocycles. The highest BCUT2D eigenvalue weighted by Gasteiger charge is 2.46. The van der Waals surface area contributed by atoms with Crippen molar-refractivity contribution in [2.45, 2.75) is 6.18 Å². The van der Waals surface area contributed by atoms with Gasteiger partial charge in [-0.3, -0.25) is 0 Å². The van der Waals surface area contributed by atoms with Gasteiger partial charge in [0.15, 0.2) is 0 Å². The first-order valence-corrected chi connectivity index (χ1v) is 4.41. The highest BCUT2D eigenvalue weighted by molar-refractivity contribution is 6.03. The van der Waals surface area contributed by atoms with Crippen LogP contribution in [0.2, 0.25) is 0 Å². The smallest absolute Gasteiger partial charge is 0.394 e. The summed E-state index contributed by atoms with van der Waals surface area (Å²) in [5.74, 6) is -1.61. The zero-order valence-electron chi connectivity index (χ0n) is 7.66. The molecular weight excluding hydrogens is 207 g/mol. The number of halogens is 3. The fourth-order valence-electron chi connectivity index (χ4n) is 1.44. The Morgan fingerprint density at radius 2 is 1.87 bits per heavy atom. The van der Waals surface area contributed by atoms with E-state index in [-0.39, 0.29) is 5.71 Å². The van der Waals surface area contributed by atoms with Crippen LogP contribution in [0.25, 0.3) is 0 Å². The molecule has 1 aromatic rings. The van der Waals surface area contributed by atoms with E-state index in [0.29, 0.717) is 5.56 Å². The van der Waals surface area contributed by atoms with E-state index in [2.05, 4.69) is 9.99 Å². The van der Waals surface area contributed by atoms with Gasteiger partial charge in [-0.2, -0.15) is 13.2 Å². The standard InChI is InChI=1S/C10H8F3NO/c11-10(12,13)8-6-15-14-9(8)7-4-2-1-3-5-7/h1-5,8H,6H2. The molecule has 0 aromatic heterocycles. The van der Waals surface area contributed by atoms with Gasteiger partial charge in [0, 0.05) is 5.56 Å². The number of benzene rings is 1. The number of oxime groups is 1. The molecule has 0 saturated carbocycles. The van der Waals surface area contributed by atoms with Crippen LogP contribution in [-0.2, 0) is 4.84 Å². The lowest BCUT2D eigenvalue weighted by molar-refractivity contribution is -0.161. The quantitative estimate of drug-likeness (QED) is 0.705. The first kappa shape index (κ1) is 10.0. The molecule has 0 bridgehead atoms. The van der Waals surface area contributed by atoms with E-state index in [4.69, 9.17) is 0 Å². The van der Waals surface area contributed by atoms with Crippen molar-refractivity contribution in [2.24, 2.45) is 11.1 Å². The third-order valence-corrected chi connectivity index (χ3v) is 2.20. The SMILES string of the molecule is FC(F)(F)C1CON=C1c1ccccc1. The van der Waals surface area contributed by atoms with E-state index in [9.17, 15) is 13.2 Å². The largest absolute Gasteiger partial charge is 0.400 e. The van der Waals surface area contributed by atoms with Gasteiger partial charge >= 0.3 is 6.18 Å². The lowest BCUT2D eigenvalue weighted by Gasteiger charge is -2.14. The van der Waals surface area contributed by atoms with Gasteiger partial charge in [0.1, 0.15) is 18.2 Å². The molecule has 0 radical (unpaired) electrons. The van der Waals surface area contributed by atoms with Crippen LogP contribution >= 0.6 is 0 Å². The van der Waals surface area contributed by atoms with Crippen LogP contribution in [0.1, 0.15) is 5.56 Å². The third-order valence-electron chi connectivity index (χ3n) is 2.20. The highest BCUT2D eigenvalue weighted by Crippen LogP contribution is 2.32. The minimum absolute atomic E-state index is 0.0388. The monoisotopic (exact) mass is 215 g/mol. The minimum Gasteiger partial charge on any atom is -0.394 e. The molecule has 0 spiro atoms. The van der Waals surface area contributed by atoms with Gasteiger partial charge in [-0.15, -0.1) is 0 Å². The number of alkyl halides is 3. The minimum atomic E-state index is -4.30. The molecular formula is C10H8F3NO. The molecule has 1 aliphatic heterocycles. The molecule has 0 fully saturated rings. The third kappa shape index (κ3) is 1.95. The second kappa shape index (κ2) is 3.56. The first-order valence-electron chi connectivity index (χ1n) is 4.41. The summed E-state index contributed by atoms with van der Waals surface area (Å²) < 4.78 is 37.6. The fraction of sp³-hybridized carbons (Fsp3) is 0.300. The first-order chi connectivity index (χ1) is 7.09. The second-order valence-electron chi connectivity index (χ2n) is 3.23. The molecule has 0 saturated heterocycles. The van der Waals surface area contributed by atoms with Gasteiger partial charge in [-0.25, -0.2) is 0 Å². The molecule has 0 N–H and O–H groups in total. The number of hydrogen-bond acceptors (Lipinski definition) is 2. The van der Waals surface area contributed by atoms with Gasteiger partial charge in [0.05, 0.1) is 0 Å². The Hall–Kier alpha value is -1.52. The average Bonchev–Trinajstić information content (AvgIpc) is 2.67. The number of hydrogen-bond donors (Lipinski definition) is 0. The molecule has 0 amide bonds. The lowest BCUT2D eigenvalue weighted by Crippen LogP contribution is -2.31.